The van der Waals surface area contributed by atoms with Crippen molar-refractivity contribution in [1.29, 1.82) is 0 Å². The van der Waals surface area contributed by atoms with Crippen LogP contribution >= 0.6 is 23.4 Å². The maximum atomic E-state index is 6.25. The van der Waals surface area contributed by atoms with E-state index in [1.807, 2.05) is 34.0 Å². The highest BCUT2D eigenvalue weighted by molar-refractivity contribution is 7.98. The molecular weight excluding hydrogens is 266 g/mol. The van der Waals surface area contributed by atoms with Crippen molar-refractivity contribution < 1.29 is 0 Å². The van der Waals surface area contributed by atoms with Gasteiger partial charge in [-0.05, 0) is 19.7 Å². The zero-order chi connectivity index (χ0) is 14.1. The van der Waals surface area contributed by atoms with Crippen molar-refractivity contribution in [3.8, 4) is 0 Å². The Morgan fingerprint density at radius 3 is 2.33 bits per heavy atom. The summed E-state index contributed by atoms with van der Waals surface area (Å²) < 4.78 is 2.05. The summed E-state index contributed by atoms with van der Waals surface area (Å²) in [5, 5.41) is 6.28. The minimum Gasteiger partial charge on any atom is -0.300 e. The first-order valence-corrected chi connectivity index (χ1v) is 8.30. The Kier molecular flexibility index (Phi) is 9.60. The fourth-order valence-electron chi connectivity index (χ4n) is 1.74. The van der Waals surface area contributed by atoms with Gasteiger partial charge in [-0.15, -0.1) is 11.8 Å². The maximum absolute atomic E-state index is 6.25. The molecule has 0 radical (unpaired) electrons. The number of aromatic nitrogens is 2. The van der Waals surface area contributed by atoms with E-state index < -0.39 is 0 Å². The normalized spacial score (nSPS) is 14.6. The molecule has 2 rings (SSSR count). The minimum atomic E-state index is 0.839. The molecule has 0 aliphatic carbocycles. The van der Waals surface area contributed by atoms with Gasteiger partial charge in [0.2, 0.25) is 0 Å². The van der Waals surface area contributed by atoms with Crippen LogP contribution in [0.5, 0.6) is 0 Å². The van der Waals surface area contributed by atoms with E-state index in [4.69, 9.17) is 11.6 Å². The Hall–Kier alpha value is -0.190. The molecule has 0 fully saturated rings. The molecule has 0 amide bonds. The Morgan fingerprint density at radius 1 is 1.17 bits per heavy atom. The Labute approximate surface area is 121 Å². The van der Waals surface area contributed by atoms with E-state index in [0.29, 0.717) is 0 Å². The molecule has 1 aromatic rings. The second kappa shape index (κ2) is 9.70. The molecule has 0 bridgehead atoms. The highest BCUT2D eigenvalue weighted by Gasteiger charge is 2.19. The summed E-state index contributed by atoms with van der Waals surface area (Å²) in [4.78, 5) is 2.29. The van der Waals surface area contributed by atoms with Crippen molar-refractivity contribution in [2.24, 2.45) is 0 Å². The molecule has 18 heavy (non-hydrogen) atoms. The van der Waals surface area contributed by atoms with E-state index in [1.54, 1.807) is 11.8 Å². The molecule has 0 N–H and O–H groups in total. The van der Waals surface area contributed by atoms with Crippen molar-refractivity contribution in [2.45, 2.75) is 52.2 Å². The van der Waals surface area contributed by atoms with Crippen molar-refractivity contribution in [3.63, 3.8) is 0 Å². The molecular formula is C13H26ClN3S. The largest absolute Gasteiger partial charge is 0.300 e. The topological polar surface area (TPSA) is 21.1 Å². The van der Waals surface area contributed by atoms with Gasteiger partial charge in [0.25, 0.3) is 0 Å². The van der Waals surface area contributed by atoms with Crippen LogP contribution in [0.2, 0.25) is 5.02 Å². The number of nitrogens with zero attached hydrogens (tertiary/aromatic N) is 3. The maximum Gasteiger partial charge on any atom is 0.137 e. The molecule has 0 spiro atoms. The SMILES string of the molecule is CC.CC.CSc1nn2c(c1Cl)CN(C)CCC2. The van der Waals surface area contributed by atoms with Crippen LogP contribution in [-0.4, -0.2) is 34.5 Å². The Balaban J connectivity index is 0.000000659. The van der Waals surface area contributed by atoms with Crippen molar-refractivity contribution in [3.05, 3.63) is 10.7 Å². The molecule has 0 aromatic carbocycles. The van der Waals surface area contributed by atoms with Crippen molar-refractivity contribution in [1.82, 2.24) is 14.7 Å². The highest BCUT2D eigenvalue weighted by atomic mass is 35.5. The summed E-state index contributed by atoms with van der Waals surface area (Å²) >= 11 is 7.86. The first-order chi connectivity index (χ1) is 8.72. The molecule has 0 saturated heterocycles. The van der Waals surface area contributed by atoms with E-state index in [9.17, 15) is 0 Å². The monoisotopic (exact) mass is 291 g/mol. The summed E-state index contributed by atoms with van der Waals surface area (Å²) in [6, 6.07) is 0. The van der Waals surface area contributed by atoms with Gasteiger partial charge in [0.15, 0.2) is 0 Å². The summed E-state index contributed by atoms with van der Waals surface area (Å²) in [7, 11) is 2.12. The summed E-state index contributed by atoms with van der Waals surface area (Å²) in [6.45, 7) is 11.0. The van der Waals surface area contributed by atoms with E-state index in [2.05, 4.69) is 21.7 Å². The molecule has 0 atom stereocenters. The van der Waals surface area contributed by atoms with Crippen LogP contribution in [0.3, 0.4) is 0 Å². The molecule has 0 unspecified atom stereocenters. The predicted molar refractivity (Wildman–Crippen MR) is 82.7 cm³/mol. The summed E-state index contributed by atoms with van der Waals surface area (Å²) in [5.74, 6) is 0. The van der Waals surface area contributed by atoms with Gasteiger partial charge < -0.3 is 4.90 Å². The number of fused-ring (bicyclic) bond motifs is 1. The minimum absolute atomic E-state index is 0.839. The van der Waals surface area contributed by atoms with E-state index in [0.717, 1.165) is 41.8 Å². The van der Waals surface area contributed by atoms with Gasteiger partial charge in [0.1, 0.15) is 5.03 Å². The van der Waals surface area contributed by atoms with Gasteiger partial charge in [-0.1, -0.05) is 39.3 Å². The molecule has 1 aliphatic rings. The van der Waals surface area contributed by atoms with Crippen molar-refractivity contribution >= 4 is 23.4 Å². The van der Waals surface area contributed by atoms with Crippen LogP contribution in [0.4, 0.5) is 0 Å². The molecule has 0 saturated carbocycles. The Morgan fingerprint density at radius 2 is 1.78 bits per heavy atom. The lowest BCUT2D eigenvalue weighted by Gasteiger charge is -2.11. The standard InChI is InChI=1S/C9H14ClN3S.2C2H6/c1-12-4-3-5-13-7(6-12)8(10)9(11-13)14-2;2*1-2/h3-6H2,1-2H3;2*1-2H3. The molecule has 1 aromatic heterocycles. The number of hydrogen-bond donors (Lipinski definition) is 0. The van der Waals surface area contributed by atoms with Gasteiger partial charge in [0, 0.05) is 19.6 Å². The fourth-order valence-corrected chi connectivity index (χ4v) is 2.65. The molecule has 106 valence electrons. The molecule has 1 aliphatic heterocycles. The molecule has 2 heterocycles. The van der Waals surface area contributed by atoms with Crippen LogP contribution in [0.25, 0.3) is 0 Å². The lowest BCUT2D eigenvalue weighted by molar-refractivity contribution is 0.332. The van der Waals surface area contributed by atoms with Gasteiger partial charge in [0.05, 0.1) is 10.7 Å². The second-order valence-electron chi connectivity index (χ2n) is 3.58. The van der Waals surface area contributed by atoms with Crippen LogP contribution in [0.1, 0.15) is 39.8 Å². The zero-order valence-electron chi connectivity index (χ0n) is 12.5. The first kappa shape index (κ1) is 17.8. The highest BCUT2D eigenvalue weighted by Crippen LogP contribution is 2.29. The molecule has 5 heteroatoms. The summed E-state index contributed by atoms with van der Waals surface area (Å²) in [6.07, 6.45) is 3.16. The number of rotatable bonds is 1. The number of halogens is 1. The fraction of sp³-hybridized carbons (Fsp3) is 0.769. The quantitative estimate of drug-likeness (QED) is 0.726. The van der Waals surface area contributed by atoms with Crippen molar-refractivity contribution in [2.75, 3.05) is 19.8 Å². The van der Waals surface area contributed by atoms with E-state index in [1.165, 1.54) is 0 Å². The zero-order valence-corrected chi connectivity index (χ0v) is 14.0. The number of aryl methyl sites for hydroxylation is 1. The predicted octanol–water partition coefficient (Wildman–Crippen LogP) is 4.15. The Bertz CT molecular complexity index is 339. The van der Waals surface area contributed by atoms with Gasteiger partial charge in [-0.3, -0.25) is 4.68 Å². The van der Waals surface area contributed by atoms with Gasteiger partial charge in [-0.25, -0.2) is 0 Å². The van der Waals surface area contributed by atoms with Gasteiger partial charge >= 0.3 is 0 Å². The van der Waals surface area contributed by atoms with Crippen LogP contribution < -0.4 is 0 Å². The third kappa shape index (κ3) is 4.48. The lowest BCUT2D eigenvalue weighted by atomic mass is 10.4. The van der Waals surface area contributed by atoms with Crippen LogP contribution in [0, 0.1) is 0 Å². The summed E-state index contributed by atoms with van der Waals surface area (Å²) in [5.41, 5.74) is 1.16. The third-order valence-electron chi connectivity index (χ3n) is 2.49. The second-order valence-corrected chi connectivity index (χ2v) is 4.76. The lowest BCUT2D eigenvalue weighted by Crippen LogP contribution is -2.17. The number of hydrogen-bond acceptors (Lipinski definition) is 3. The average Bonchev–Trinajstić information content (AvgIpc) is 2.61. The number of thioether (sulfide) groups is 1. The average molecular weight is 292 g/mol. The smallest absolute Gasteiger partial charge is 0.137 e. The first-order valence-electron chi connectivity index (χ1n) is 6.70. The van der Waals surface area contributed by atoms with Crippen LogP contribution in [0.15, 0.2) is 5.03 Å². The van der Waals surface area contributed by atoms with E-state index >= 15 is 0 Å². The third-order valence-corrected chi connectivity index (χ3v) is 3.67. The van der Waals surface area contributed by atoms with E-state index in [-0.39, 0.29) is 0 Å². The molecule has 3 nitrogen and oxygen atoms in total. The van der Waals surface area contributed by atoms with Gasteiger partial charge in [-0.2, -0.15) is 5.10 Å². The van der Waals surface area contributed by atoms with Crippen LogP contribution in [-0.2, 0) is 13.1 Å².